The number of furan rings is 2. The lowest BCUT2D eigenvalue weighted by molar-refractivity contribution is 0.662. The number of hydrogen-bond acceptors (Lipinski definition) is 4. The molecule has 83 heavy (non-hydrogen) atoms. The third-order valence-electron chi connectivity index (χ3n) is 17.7. The molecule has 17 rings (SSSR count). The van der Waals surface area contributed by atoms with Gasteiger partial charge in [0.25, 0.3) is 0 Å². The summed E-state index contributed by atoms with van der Waals surface area (Å²) in [5, 5.41) is 13.9. The summed E-state index contributed by atoms with van der Waals surface area (Å²) in [7, 11) is 0. The molecule has 1 aliphatic carbocycles. The molecular formula is C79H52N2O2. The van der Waals surface area contributed by atoms with Gasteiger partial charge in [0.2, 0.25) is 0 Å². The molecule has 2 aromatic heterocycles. The fraction of sp³-hybridized carbons (Fsp3) is 0.0380. The minimum atomic E-state index is -0.282. The van der Waals surface area contributed by atoms with Crippen LogP contribution in [0.15, 0.2) is 288 Å². The second kappa shape index (κ2) is 18.2. The number of hydrogen-bond donors (Lipinski definition) is 0. The topological polar surface area (TPSA) is 32.8 Å². The lowest BCUT2D eigenvalue weighted by Crippen LogP contribution is -2.15. The van der Waals surface area contributed by atoms with E-state index in [1.807, 2.05) is 0 Å². The van der Waals surface area contributed by atoms with Gasteiger partial charge in [0.1, 0.15) is 11.2 Å². The Balaban J connectivity index is 0.788. The van der Waals surface area contributed by atoms with Crippen molar-refractivity contribution < 1.29 is 8.83 Å². The molecule has 0 unspecified atom stereocenters. The molecule has 390 valence electrons. The largest absolute Gasteiger partial charge is 0.453 e. The van der Waals surface area contributed by atoms with Crippen molar-refractivity contribution in [1.82, 2.24) is 0 Å². The Hall–Kier alpha value is -10.7. The van der Waals surface area contributed by atoms with Gasteiger partial charge in [-0.2, -0.15) is 0 Å². The zero-order valence-electron chi connectivity index (χ0n) is 45.8. The Morgan fingerprint density at radius 1 is 0.265 bits per heavy atom. The van der Waals surface area contributed by atoms with Crippen LogP contribution in [0.2, 0.25) is 0 Å². The minimum absolute atomic E-state index is 0.282. The van der Waals surface area contributed by atoms with Crippen molar-refractivity contribution in [2.75, 3.05) is 9.80 Å². The van der Waals surface area contributed by atoms with Gasteiger partial charge in [0.15, 0.2) is 11.2 Å². The zero-order valence-corrected chi connectivity index (χ0v) is 45.8. The standard InChI is InChI=1S/C79H52N2O2/c1-79(2)69-47-55-41-59(80(57-27-11-5-12-28-57)71-35-19-33-63-73-61-31-17-15-25-53(61)45-65(77(73)82-75(63)71)49-21-7-3-8-22-49)39-37-51(55)43-67(69)68-44-52-38-40-60(42-56(52)48-70(68)79)81(58-29-13-6-14-30-58)72-36-20-34-64-74-62-32-18-16-26-54(62)46-66(78(74)83-76(64)72)50-23-9-4-10-24-50/h3-48H,1-2H3. The molecule has 0 saturated heterocycles. The summed E-state index contributed by atoms with van der Waals surface area (Å²) >= 11 is 0. The van der Waals surface area contributed by atoms with Crippen molar-refractivity contribution in [3.05, 3.63) is 290 Å². The number of fused-ring (bicyclic) bond motifs is 15. The van der Waals surface area contributed by atoms with E-state index in [0.29, 0.717) is 0 Å². The summed E-state index contributed by atoms with van der Waals surface area (Å²) < 4.78 is 14.4. The van der Waals surface area contributed by atoms with Crippen molar-refractivity contribution >= 4 is 121 Å². The number of anilines is 6. The zero-order chi connectivity index (χ0) is 54.9. The van der Waals surface area contributed by atoms with Gasteiger partial charge in [0.05, 0.1) is 11.4 Å². The first-order valence-corrected chi connectivity index (χ1v) is 28.6. The Kier molecular flexibility index (Phi) is 10.3. The van der Waals surface area contributed by atoms with E-state index in [4.69, 9.17) is 8.83 Å². The summed E-state index contributed by atoms with van der Waals surface area (Å²) in [6.45, 7) is 4.78. The van der Waals surface area contributed by atoms with Crippen LogP contribution in [0, 0.1) is 0 Å². The lowest BCUT2D eigenvalue weighted by atomic mass is 9.81. The molecule has 0 fully saturated rings. The van der Waals surface area contributed by atoms with Gasteiger partial charge in [-0.3, -0.25) is 0 Å². The van der Waals surface area contributed by atoms with E-state index in [-0.39, 0.29) is 5.41 Å². The highest BCUT2D eigenvalue weighted by molar-refractivity contribution is 6.26. The van der Waals surface area contributed by atoms with E-state index in [0.717, 1.165) is 100 Å². The molecule has 16 aromatic rings. The summed E-state index contributed by atoms with van der Waals surface area (Å²) in [6, 6.07) is 101. The van der Waals surface area contributed by atoms with Gasteiger partial charge in [-0.1, -0.05) is 196 Å². The summed E-state index contributed by atoms with van der Waals surface area (Å²) in [4.78, 5) is 4.73. The maximum Gasteiger partial charge on any atom is 0.159 e. The van der Waals surface area contributed by atoms with Gasteiger partial charge in [-0.05, 0) is 174 Å². The van der Waals surface area contributed by atoms with Crippen LogP contribution < -0.4 is 9.80 Å². The van der Waals surface area contributed by atoms with Crippen molar-refractivity contribution in [2.24, 2.45) is 0 Å². The Morgan fingerprint density at radius 3 is 1.07 bits per heavy atom. The molecule has 1 aliphatic rings. The third-order valence-corrected chi connectivity index (χ3v) is 17.7. The Bertz CT molecular complexity index is 4960. The average molecular weight is 1060 g/mol. The smallest absolute Gasteiger partial charge is 0.159 e. The fourth-order valence-electron chi connectivity index (χ4n) is 13.8. The molecular weight excluding hydrogens is 1010 g/mol. The fourth-order valence-corrected chi connectivity index (χ4v) is 13.8. The van der Waals surface area contributed by atoms with Crippen LogP contribution in [0.3, 0.4) is 0 Å². The van der Waals surface area contributed by atoms with E-state index >= 15 is 0 Å². The summed E-state index contributed by atoms with van der Waals surface area (Å²) in [6.07, 6.45) is 0. The predicted octanol–water partition coefficient (Wildman–Crippen LogP) is 22.7. The molecule has 14 aromatic carbocycles. The van der Waals surface area contributed by atoms with Crippen molar-refractivity contribution in [3.63, 3.8) is 0 Å². The van der Waals surface area contributed by atoms with Gasteiger partial charge < -0.3 is 18.6 Å². The maximum atomic E-state index is 7.22. The van der Waals surface area contributed by atoms with E-state index < -0.39 is 0 Å². The number of benzene rings is 14. The first-order chi connectivity index (χ1) is 40.9. The van der Waals surface area contributed by atoms with Gasteiger partial charge in [-0.15, -0.1) is 0 Å². The molecule has 0 aliphatic heterocycles. The van der Waals surface area contributed by atoms with Crippen LogP contribution in [0.25, 0.3) is 120 Å². The van der Waals surface area contributed by atoms with Crippen molar-refractivity contribution in [2.45, 2.75) is 19.3 Å². The van der Waals surface area contributed by atoms with Crippen molar-refractivity contribution in [1.29, 1.82) is 0 Å². The van der Waals surface area contributed by atoms with Gasteiger partial charge in [-0.25, -0.2) is 0 Å². The SMILES string of the molecule is CC1(C)c2cc3cc(N(c4ccccc4)c4cccc5c4oc4c(-c6ccccc6)cc6ccccc6c45)ccc3cc2-c2cc3ccc(N(c4ccccc4)c4cccc5c4oc4c(-c6ccccc6)cc6ccccc6c45)cc3cc21. The molecule has 0 amide bonds. The molecule has 4 nitrogen and oxygen atoms in total. The highest BCUT2D eigenvalue weighted by Gasteiger charge is 2.36. The molecule has 0 saturated carbocycles. The molecule has 0 N–H and O–H groups in total. The second-order valence-electron chi connectivity index (χ2n) is 22.8. The van der Waals surface area contributed by atoms with Crippen LogP contribution in [-0.2, 0) is 5.41 Å². The lowest BCUT2D eigenvalue weighted by Gasteiger charge is -2.26. The Labute approximate surface area is 479 Å². The molecule has 0 radical (unpaired) electrons. The first kappa shape index (κ1) is 47.2. The van der Waals surface area contributed by atoms with Crippen LogP contribution >= 0.6 is 0 Å². The van der Waals surface area contributed by atoms with E-state index in [1.165, 1.54) is 65.3 Å². The quantitative estimate of drug-likeness (QED) is 0.152. The molecule has 4 heteroatoms. The molecule has 0 bridgehead atoms. The van der Waals surface area contributed by atoms with Crippen LogP contribution in [0.5, 0.6) is 0 Å². The minimum Gasteiger partial charge on any atom is -0.453 e. The normalized spacial score (nSPS) is 12.8. The molecule has 2 heterocycles. The van der Waals surface area contributed by atoms with Crippen LogP contribution in [-0.4, -0.2) is 0 Å². The number of nitrogens with zero attached hydrogens (tertiary/aromatic N) is 2. The summed E-state index contributed by atoms with van der Waals surface area (Å²) in [5.74, 6) is 0. The molecule has 0 spiro atoms. The van der Waals surface area contributed by atoms with Gasteiger partial charge >= 0.3 is 0 Å². The maximum absolute atomic E-state index is 7.22. The monoisotopic (exact) mass is 1060 g/mol. The summed E-state index contributed by atoms with van der Waals surface area (Å²) in [5.41, 5.74) is 19.1. The second-order valence-corrected chi connectivity index (χ2v) is 22.8. The first-order valence-electron chi connectivity index (χ1n) is 28.6. The number of rotatable bonds is 8. The highest BCUT2D eigenvalue weighted by atomic mass is 16.3. The van der Waals surface area contributed by atoms with Crippen LogP contribution in [0.1, 0.15) is 25.0 Å². The highest BCUT2D eigenvalue weighted by Crippen LogP contribution is 2.54. The molecule has 0 atom stereocenters. The predicted molar refractivity (Wildman–Crippen MR) is 349 cm³/mol. The van der Waals surface area contributed by atoms with Gasteiger partial charge in [0, 0.05) is 60.8 Å². The van der Waals surface area contributed by atoms with Crippen molar-refractivity contribution in [3.8, 4) is 33.4 Å². The van der Waals surface area contributed by atoms with E-state index in [9.17, 15) is 0 Å². The van der Waals surface area contributed by atoms with E-state index in [2.05, 4.69) is 303 Å². The average Bonchev–Trinajstić information content (AvgIpc) is 4.29. The number of para-hydroxylation sites is 4. The third kappa shape index (κ3) is 7.26. The Morgan fingerprint density at radius 2 is 0.639 bits per heavy atom. The van der Waals surface area contributed by atoms with Crippen LogP contribution in [0.4, 0.5) is 34.1 Å². The van der Waals surface area contributed by atoms with E-state index in [1.54, 1.807) is 0 Å².